The van der Waals surface area contributed by atoms with Crippen LogP contribution >= 0.6 is 0 Å². The molecule has 100 valence electrons. The maximum Gasteiger partial charge on any atom is 0.253 e. The van der Waals surface area contributed by atoms with Gasteiger partial charge in [0.05, 0.1) is 6.10 Å². The minimum Gasteiger partial charge on any atom is -0.484 e. The molecule has 0 saturated carbocycles. The number of aryl methyl sites for hydroxylation is 2. The van der Waals surface area contributed by atoms with E-state index < -0.39 is 0 Å². The summed E-state index contributed by atoms with van der Waals surface area (Å²) < 4.78 is 11.0. The Bertz CT molecular complexity index is 580. The van der Waals surface area contributed by atoms with Gasteiger partial charge < -0.3 is 14.3 Å². The number of aromatic nitrogens is 2. The Hall–Kier alpha value is -1.88. The monoisotopic (exact) mass is 260 g/mol. The SMILES string of the molecule is CCc1nnc(COc2ccc3c(c2)CC[C@H]3O)o1. The van der Waals surface area contributed by atoms with Crippen LogP contribution < -0.4 is 4.74 Å². The molecule has 1 aliphatic rings. The summed E-state index contributed by atoms with van der Waals surface area (Å²) in [6.07, 6.45) is 2.09. The topological polar surface area (TPSA) is 68.4 Å². The van der Waals surface area contributed by atoms with Gasteiger partial charge in [-0.05, 0) is 36.1 Å². The van der Waals surface area contributed by atoms with Crippen LogP contribution in [0.3, 0.4) is 0 Å². The molecular weight excluding hydrogens is 244 g/mol. The number of hydrogen-bond donors (Lipinski definition) is 1. The number of rotatable bonds is 4. The van der Waals surface area contributed by atoms with Crippen LogP contribution in [0.4, 0.5) is 0 Å². The first-order chi connectivity index (χ1) is 9.26. The van der Waals surface area contributed by atoms with Crippen molar-refractivity contribution in [3.05, 3.63) is 41.1 Å². The molecular formula is C14H16N2O3. The van der Waals surface area contributed by atoms with Crippen molar-refractivity contribution in [3.63, 3.8) is 0 Å². The minimum absolute atomic E-state index is 0.272. The van der Waals surface area contributed by atoms with Gasteiger partial charge in [-0.1, -0.05) is 13.0 Å². The molecule has 0 saturated heterocycles. The number of aliphatic hydroxyl groups is 1. The Morgan fingerprint density at radius 3 is 3.00 bits per heavy atom. The van der Waals surface area contributed by atoms with Crippen molar-refractivity contribution in [2.75, 3.05) is 0 Å². The Balaban J connectivity index is 1.67. The van der Waals surface area contributed by atoms with Gasteiger partial charge in [0.15, 0.2) is 6.61 Å². The predicted molar refractivity (Wildman–Crippen MR) is 67.7 cm³/mol. The number of fused-ring (bicyclic) bond motifs is 1. The highest BCUT2D eigenvalue weighted by molar-refractivity contribution is 5.39. The highest BCUT2D eigenvalue weighted by Crippen LogP contribution is 2.33. The molecule has 1 aromatic carbocycles. The van der Waals surface area contributed by atoms with Crippen molar-refractivity contribution in [2.24, 2.45) is 0 Å². The van der Waals surface area contributed by atoms with E-state index >= 15 is 0 Å². The third kappa shape index (κ3) is 2.46. The van der Waals surface area contributed by atoms with Crippen molar-refractivity contribution in [1.82, 2.24) is 10.2 Å². The molecule has 5 nitrogen and oxygen atoms in total. The summed E-state index contributed by atoms with van der Waals surface area (Å²) >= 11 is 0. The van der Waals surface area contributed by atoms with Crippen LogP contribution in [0.15, 0.2) is 22.6 Å². The lowest BCUT2D eigenvalue weighted by molar-refractivity contribution is 0.180. The molecule has 1 atom stereocenters. The summed E-state index contributed by atoms with van der Waals surface area (Å²) in [5, 5.41) is 17.5. The van der Waals surface area contributed by atoms with Crippen LogP contribution in [-0.2, 0) is 19.4 Å². The fourth-order valence-electron chi connectivity index (χ4n) is 2.30. The molecule has 0 amide bonds. The lowest BCUT2D eigenvalue weighted by Crippen LogP contribution is -1.97. The average Bonchev–Trinajstić information content (AvgIpc) is 3.03. The van der Waals surface area contributed by atoms with Gasteiger partial charge in [0, 0.05) is 6.42 Å². The van der Waals surface area contributed by atoms with Gasteiger partial charge >= 0.3 is 0 Å². The molecule has 1 aliphatic carbocycles. The maximum atomic E-state index is 9.74. The smallest absolute Gasteiger partial charge is 0.253 e. The van der Waals surface area contributed by atoms with Crippen molar-refractivity contribution < 1.29 is 14.3 Å². The van der Waals surface area contributed by atoms with Gasteiger partial charge in [-0.15, -0.1) is 10.2 Å². The van der Waals surface area contributed by atoms with Gasteiger partial charge in [0.2, 0.25) is 5.89 Å². The molecule has 5 heteroatoms. The normalized spacial score (nSPS) is 17.5. The van der Waals surface area contributed by atoms with Crippen molar-refractivity contribution in [1.29, 1.82) is 0 Å². The van der Waals surface area contributed by atoms with Gasteiger partial charge in [-0.25, -0.2) is 0 Å². The van der Waals surface area contributed by atoms with E-state index in [0.717, 1.165) is 36.1 Å². The summed E-state index contributed by atoms with van der Waals surface area (Å²) in [6.45, 7) is 2.23. The number of ether oxygens (including phenoxy) is 1. The minimum atomic E-state index is -0.327. The second-order valence-electron chi connectivity index (χ2n) is 4.65. The molecule has 1 heterocycles. The number of benzene rings is 1. The number of nitrogens with zero attached hydrogens (tertiary/aromatic N) is 2. The van der Waals surface area contributed by atoms with E-state index in [2.05, 4.69) is 10.2 Å². The van der Waals surface area contributed by atoms with E-state index in [0.29, 0.717) is 11.8 Å². The first-order valence-electron chi connectivity index (χ1n) is 6.51. The summed E-state index contributed by atoms with van der Waals surface area (Å²) in [6, 6.07) is 5.76. The largest absolute Gasteiger partial charge is 0.484 e. The molecule has 19 heavy (non-hydrogen) atoms. The van der Waals surface area contributed by atoms with Gasteiger partial charge in [-0.2, -0.15) is 0 Å². The van der Waals surface area contributed by atoms with Crippen LogP contribution in [0.1, 0.15) is 42.4 Å². The standard InChI is InChI=1S/C14H16N2O3/c1-2-13-15-16-14(19-13)8-18-10-4-5-11-9(7-10)3-6-12(11)17/h4-5,7,12,17H,2-3,6,8H2,1H3/t12-/m1/s1. The fourth-order valence-corrected chi connectivity index (χ4v) is 2.30. The highest BCUT2D eigenvalue weighted by Gasteiger charge is 2.20. The maximum absolute atomic E-state index is 9.74. The van der Waals surface area contributed by atoms with Crippen LogP contribution in [-0.4, -0.2) is 15.3 Å². The summed E-state index contributed by atoms with van der Waals surface area (Å²) in [5.41, 5.74) is 2.17. The van der Waals surface area contributed by atoms with E-state index in [1.54, 1.807) is 0 Å². The van der Waals surface area contributed by atoms with Gasteiger partial charge in [0.1, 0.15) is 5.75 Å². The zero-order valence-corrected chi connectivity index (χ0v) is 10.8. The molecule has 1 aromatic heterocycles. The van der Waals surface area contributed by atoms with Gasteiger partial charge in [-0.3, -0.25) is 0 Å². The average molecular weight is 260 g/mol. The highest BCUT2D eigenvalue weighted by atomic mass is 16.5. The lowest BCUT2D eigenvalue weighted by atomic mass is 10.1. The van der Waals surface area contributed by atoms with Crippen LogP contribution in [0.25, 0.3) is 0 Å². The Morgan fingerprint density at radius 1 is 1.37 bits per heavy atom. The molecule has 2 aromatic rings. The van der Waals surface area contributed by atoms with E-state index in [4.69, 9.17) is 9.15 Å². The fraction of sp³-hybridized carbons (Fsp3) is 0.429. The molecule has 0 unspecified atom stereocenters. The van der Waals surface area contributed by atoms with Crippen LogP contribution in [0.2, 0.25) is 0 Å². The van der Waals surface area contributed by atoms with E-state index in [-0.39, 0.29) is 12.7 Å². The van der Waals surface area contributed by atoms with Crippen molar-refractivity contribution >= 4 is 0 Å². The van der Waals surface area contributed by atoms with E-state index in [1.165, 1.54) is 0 Å². The Kier molecular flexibility index (Phi) is 3.21. The predicted octanol–water partition coefficient (Wildman–Crippen LogP) is 2.19. The van der Waals surface area contributed by atoms with E-state index in [1.807, 2.05) is 25.1 Å². The Labute approximate surface area is 111 Å². The Morgan fingerprint density at radius 2 is 2.21 bits per heavy atom. The molecule has 1 N–H and O–H groups in total. The van der Waals surface area contributed by atoms with Crippen LogP contribution in [0.5, 0.6) is 5.75 Å². The first-order valence-corrected chi connectivity index (χ1v) is 6.51. The zero-order valence-electron chi connectivity index (χ0n) is 10.8. The second kappa shape index (κ2) is 5.01. The molecule has 0 spiro atoms. The number of aliphatic hydroxyl groups excluding tert-OH is 1. The molecule has 0 fully saturated rings. The van der Waals surface area contributed by atoms with Crippen molar-refractivity contribution in [2.45, 2.75) is 38.9 Å². The van der Waals surface area contributed by atoms with Crippen molar-refractivity contribution in [3.8, 4) is 5.75 Å². The quantitative estimate of drug-likeness (QED) is 0.912. The molecule has 0 aliphatic heterocycles. The zero-order chi connectivity index (χ0) is 13.2. The van der Waals surface area contributed by atoms with Gasteiger partial charge in [0.25, 0.3) is 5.89 Å². The first kappa shape index (κ1) is 12.2. The van der Waals surface area contributed by atoms with Crippen LogP contribution in [0, 0.1) is 0 Å². The van der Waals surface area contributed by atoms with E-state index in [9.17, 15) is 5.11 Å². The second-order valence-corrected chi connectivity index (χ2v) is 4.65. The third-order valence-electron chi connectivity index (χ3n) is 3.33. The third-order valence-corrected chi connectivity index (χ3v) is 3.33. The molecule has 3 rings (SSSR count). The summed E-state index contributed by atoms with van der Waals surface area (Å²) in [4.78, 5) is 0. The summed E-state index contributed by atoms with van der Waals surface area (Å²) in [5.74, 6) is 1.87. The molecule has 0 bridgehead atoms. The number of hydrogen-bond acceptors (Lipinski definition) is 5. The summed E-state index contributed by atoms with van der Waals surface area (Å²) in [7, 11) is 0. The molecule has 0 radical (unpaired) electrons. The lowest BCUT2D eigenvalue weighted by Gasteiger charge is -2.07.